The molecule has 0 saturated heterocycles. The van der Waals surface area contributed by atoms with Crippen LogP contribution >= 0.6 is 11.6 Å². The van der Waals surface area contributed by atoms with E-state index in [1.54, 1.807) is 18.3 Å². The van der Waals surface area contributed by atoms with E-state index in [0.29, 0.717) is 29.4 Å². The standard InChI is InChI=1S/C14H14ClN3O/c15-14-12(5-2-8-17-14)18-13(19)7-6-10-3-1-4-11(16)9-10/h1-5,8-9H,6-7,16H2,(H,18,19). The van der Waals surface area contributed by atoms with Gasteiger partial charge in [-0.1, -0.05) is 23.7 Å². The molecule has 1 amide bonds. The summed E-state index contributed by atoms with van der Waals surface area (Å²) in [6.07, 6.45) is 2.58. The van der Waals surface area contributed by atoms with Gasteiger partial charge < -0.3 is 11.1 Å². The van der Waals surface area contributed by atoms with Gasteiger partial charge in [-0.15, -0.1) is 0 Å². The highest BCUT2D eigenvalue weighted by Crippen LogP contribution is 2.18. The fraction of sp³-hybridized carbons (Fsp3) is 0.143. The second-order valence-electron chi connectivity index (χ2n) is 4.13. The summed E-state index contributed by atoms with van der Waals surface area (Å²) in [7, 11) is 0. The average Bonchev–Trinajstić information content (AvgIpc) is 2.39. The molecular formula is C14H14ClN3O. The third-order valence-electron chi connectivity index (χ3n) is 2.62. The van der Waals surface area contributed by atoms with Gasteiger partial charge in [0.15, 0.2) is 5.15 Å². The lowest BCUT2D eigenvalue weighted by atomic mass is 10.1. The van der Waals surface area contributed by atoms with Crippen molar-refractivity contribution in [3.8, 4) is 0 Å². The highest BCUT2D eigenvalue weighted by molar-refractivity contribution is 6.32. The molecule has 1 heterocycles. The van der Waals surface area contributed by atoms with Gasteiger partial charge in [0.1, 0.15) is 0 Å². The van der Waals surface area contributed by atoms with Gasteiger partial charge >= 0.3 is 0 Å². The minimum absolute atomic E-state index is 0.0997. The topological polar surface area (TPSA) is 68.0 Å². The van der Waals surface area contributed by atoms with Crippen molar-refractivity contribution in [2.45, 2.75) is 12.8 Å². The molecule has 0 unspecified atom stereocenters. The van der Waals surface area contributed by atoms with E-state index in [1.807, 2.05) is 24.3 Å². The number of hydrogen-bond acceptors (Lipinski definition) is 3. The van der Waals surface area contributed by atoms with E-state index >= 15 is 0 Å². The zero-order valence-corrected chi connectivity index (χ0v) is 11.0. The molecule has 0 spiro atoms. The second kappa shape index (κ2) is 6.20. The number of halogens is 1. The van der Waals surface area contributed by atoms with Gasteiger partial charge in [-0.25, -0.2) is 4.98 Å². The van der Waals surface area contributed by atoms with Crippen LogP contribution in [-0.4, -0.2) is 10.9 Å². The van der Waals surface area contributed by atoms with Crippen LogP contribution in [0.15, 0.2) is 42.6 Å². The fourth-order valence-corrected chi connectivity index (χ4v) is 1.87. The monoisotopic (exact) mass is 275 g/mol. The Kier molecular flexibility index (Phi) is 4.36. The average molecular weight is 276 g/mol. The van der Waals surface area contributed by atoms with Crippen LogP contribution in [0.4, 0.5) is 11.4 Å². The predicted octanol–water partition coefficient (Wildman–Crippen LogP) is 2.89. The Bertz CT molecular complexity index is 586. The van der Waals surface area contributed by atoms with Gasteiger partial charge in [0, 0.05) is 18.3 Å². The van der Waals surface area contributed by atoms with Crippen molar-refractivity contribution < 1.29 is 4.79 Å². The molecule has 4 nitrogen and oxygen atoms in total. The number of nitrogens with two attached hydrogens (primary N) is 1. The predicted molar refractivity (Wildman–Crippen MR) is 77.1 cm³/mol. The number of anilines is 2. The van der Waals surface area contributed by atoms with Crippen LogP contribution in [-0.2, 0) is 11.2 Å². The van der Waals surface area contributed by atoms with Crippen LogP contribution in [0.3, 0.4) is 0 Å². The third kappa shape index (κ3) is 3.96. The lowest BCUT2D eigenvalue weighted by molar-refractivity contribution is -0.116. The van der Waals surface area contributed by atoms with Crippen LogP contribution in [0.2, 0.25) is 5.15 Å². The molecule has 5 heteroatoms. The summed E-state index contributed by atoms with van der Waals surface area (Å²) in [4.78, 5) is 15.7. The smallest absolute Gasteiger partial charge is 0.224 e. The van der Waals surface area contributed by atoms with Gasteiger partial charge in [0.25, 0.3) is 0 Å². The van der Waals surface area contributed by atoms with Gasteiger partial charge in [-0.05, 0) is 36.2 Å². The molecule has 0 fully saturated rings. The molecule has 0 aliphatic rings. The molecule has 0 atom stereocenters. The molecule has 0 radical (unpaired) electrons. The fourth-order valence-electron chi connectivity index (χ4n) is 1.70. The maximum atomic E-state index is 11.8. The molecular weight excluding hydrogens is 262 g/mol. The highest BCUT2D eigenvalue weighted by atomic mass is 35.5. The number of benzene rings is 1. The van der Waals surface area contributed by atoms with Crippen molar-refractivity contribution in [2.24, 2.45) is 0 Å². The highest BCUT2D eigenvalue weighted by Gasteiger charge is 2.06. The first-order chi connectivity index (χ1) is 9.15. The van der Waals surface area contributed by atoms with Crippen LogP contribution in [0.25, 0.3) is 0 Å². The van der Waals surface area contributed by atoms with E-state index in [-0.39, 0.29) is 5.91 Å². The summed E-state index contributed by atoms with van der Waals surface area (Å²) >= 11 is 5.86. The third-order valence-corrected chi connectivity index (χ3v) is 2.93. The van der Waals surface area contributed by atoms with Crippen LogP contribution in [0.1, 0.15) is 12.0 Å². The van der Waals surface area contributed by atoms with Crippen LogP contribution < -0.4 is 11.1 Å². The van der Waals surface area contributed by atoms with Crippen molar-refractivity contribution in [3.05, 3.63) is 53.3 Å². The summed E-state index contributed by atoms with van der Waals surface area (Å²) in [6, 6.07) is 10.9. The molecule has 2 aromatic rings. The molecule has 0 aliphatic carbocycles. The Morgan fingerprint density at radius 2 is 2.16 bits per heavy atom. The Morgan fingerprint density at radius 1 is 1.32 bits per heavy atom. The summed E-state index contributed by atoms with van der Waals surface area (Å²) in [5, 5.41) is 3.02. The molecule has 1 aromatic heterocycles. The molecule has 1 aromatic carbocycles. The van der Waals surface area contributed by atoms with Crippen molar-refractivity contribution in [2.75, 3.05) is 11.1 Å². The number of nitrogens with zero attached hydrogens (tertiary/aromatic N) is 1. The van der Waals surface area contributed by atoms with Crippen LogP contribution in [0.5, 0.6) is 0 Å². The number of nitrogens with one attached hydrogen (secondary N) is 1. The summed E-state index contributed by atoms with van der Waals surface area (Å²) in [5.41, 5.74) is 7.95. The number of hydrogen-bond donors (Lipinski definition) is 2. The van der Waals surface area contributed by atoms with Crippen LogP contribution in [0, 0.1) is 0 Å². The quantitative estimate of drug-likeness (QED) is 0.666. The number of carbonyl (C=O) groups excluding carboxylic acids is 1. The SMILES string of the molecule is Nc1cccc(CCC(=O)Nc2cccnc2Cl)c1. The van der Waals surface area contributed by atoms with Crippen molar-refractivity contribution >= 4 is 28.9 Å². The number of rotatable bonds is 4. The van der Waals surface area contributed by atoms with Gasteiger partial charge in [-0.3, -0.25) is 4.79 Å². The molecule has 19 heavy (non-hydrogen) atoms. The van der Waals surface area contributed by atoms with Gasteiger partial charge in [0.2, 0.25) is 5.91 Å². The Morgan fingerprint density at radius 3 is 2.89 bits per heavy atom. The number of aryl methyl sites for hydroxylation is 1. The molecule has 0 bridgehead atoms. The van der Waals surface area contributed by atoms with Crippen molar-refractivity contribution in [3.63, 3.8) is 0 Å². The first kappa shape index (κ1) is 13.4. The van der Waals surface area contributed by atoms with E-state index in [4.69, 9.17) is 17.3 Å². The number of aromatic nitrogens is 1. The first-order valence-corrected chi connectivity index (χ1v) is 6.28. The summed E-state index contributed by atoms with van der Waals surface area (Å²) in [6.45, 7) is 0. The Balaban J connectivity index is 1.90. The summed E-state index contributed by atoms with van der Waals surface area (Å²) in [5.74, 6) is -0.0997. The van der Waals surface area contributed by atoms with Gasteiger partial charge in [0.05, 0.1) is 5.69 Å². The molecule has 98 valence electrons. The number of pyridine rings is 1. The summed E-state index contributed by atoms with van der Waals surface area (Å²) < 4.78 is 0. The minimum Gasteiger partial charge on any atom is -0.399 e. The number of nitrogen functional groups attached to an aromatic ring is 1. The normalized spacial score (nSPS) is 10.2. The zero-order chi connectivity index (χ0) is 13.7. The molecule has 2 rings (SSSR count). The van der Waals surface area contributed by atoms with Crippen molar-refractivity contribution in [1.82, 2.24) is 4.98 Å². The van der Waals surface area contributed by atoms with E-state index in [0.717, 1.165) is 5.56 Å². The molecule has 3 N–H and O–H groups in total. The maximum absolute atomic E-state index is 11.8. The van der Waals surface area contributed by atoms with E-state index in [9.17, 15) is 4.79 Å². The first-order valence-electron chi connectivity index (χ1n) is 5.90. The Labute approximate surface area is 116 Å². The maximum Gasteiger partial charge on any atom is 0.224 e. The van der Waals surface area contributed by atoms with E-state index < -0.39 is 0 Å². The second-order valence-corrected chi connectivity index (χ2v) is 4.49. The van der Waals surface area contributed by atoms with E-state index in [2.05, 4.69) is 10.3 Å². The number of amides is 1. The molecule has 0 saturated carbocycles. The lowest BCUT2D eigenvalue weighted by Gasteiger charge is -2.06. The van der Waals surface area contributed by atoms with Gasteiger partial charge in [-0.2, -0.15) is 0 Å². The van der Waals surface area contributed by atoms with Crippen molar-refractivity contribution in [1.29, 1.82) is 0 Å². The lowest BCUT2D eigenvalue weighted by Crippen LogP contribution is -2.12. The largest absolute Gasteiger partial charge is 0.399 e. The number of carbonyl (C=O) groups is 1. The Hall–Kier alpha value is -2.07. The zero-order valence-electron chi connectivity index (χ0n) is 10.3. The van der Waals surface area contributed by atoms with E-state index in [1.165, 1.54) is 0 Å². The molecule has 0 aliphatic heterocycles. The minimum atomic E-state index is -0.0997.